The molecule has 0 aromatic rings. The summed E-state index contributed by atoms with van der Waals surface area (Å²) >= 11 is 0. The molecule has 0 N–H and O–H groups in total. The fourth-order valence-electron chi connectivity index (χ4n) is 4.73. The van der Waals surface area contributed by atoms with Gasteiger partial charge in [-0.1, -0.05) is 39.3 Å². The van der Waals surface area contributed by atoms with Crippen molar-refractivity contribution in [2.24, 2.45) is 22.7 Å². The Labute approximate surface area is 111 Å². The summed E-state index contributed by atoms with van der Waals surface area (Å²) in [6.45, 7) is 11.1. The zero-order valence-electron chi connectivity index (χ0n) is 12.2. The van der Waals surface area contributed by atoms with E-state index in [1.807, 2.05) is 0 Å². The molecule has 2 saturated carbocycles. The van der Waals surface area contributed by atoms with Gasteiger partial charge in [-0.3, -0.25) is 4.79 Å². The Morgan fingerprint density at radius 3 is 2.61 bits per heavy atom. The third-order valence-electron chi connectivity index (χ3n) is 5.53. The minimum absolute atomic E-state index is 0.0458. The Morgan fingerprint density at radius 1 is 1.33 bits per heavy atom. The van der Waals surface area contributed by atoms with E-state index in [1.165, 1.54) is 26.4 Å². The van der Waals surface area contributed by atoms with Crippen LogP contribution in [0.3, 0.4) is 0 Å². The number of rotatable bonds is 1. The second-order valence-corrected chi connectivity index (χ2v) is 7.05. The molecule has 2 heteroatoms. The lowest BCUT2D eigenvalue weighted by molar-refractivity contribution is -0.156. The molecule has 0 radical (unpaired) electrons. The molecule has 2 rings (SSSR count). The molecule has 2 aliphatic carbocycles. The van der Waals surface area contributed by atoms with Crippen LogP contribution in [0.15, 0.2) is 12.2 Å². The van der Waals surface area contributed by atoms with Crippen LogP contribution in [0.1, 0.15) is 52.9 Å². The molecule has 2 aliphatic rings. The van der Waals surface area contributed by atoms with Crippen LogP contribution in [0, 0.1) is 22.7 Å². The lowest BCUT2D eigenvalue weighted by Crippen LogP contribution is -2.51. The van der Waals surface area contributed by atoms with Crippen molar-refractivity contribution in [2.45, 2.75) is 52.9 Å². The van der Waals surface area contributed by atoms with Crippen LogP contribution in [0.2, 0.25) is 0 Å². The minimum atomic E-state index is -0.0965. The smallest absolute Gasteiger partial charge is 0.313 e. The molecule has 2 nitrogen and oxygen atoms in total. The van der Waals surface area contributed by atoms with E-state index < -0.39 is 0 Å². The van der Waals surface area contributed by atoms with Gasteiger partial charge in [-0.15, -0.1) is 0 Å². The molecule has 1 unspecified atom stereocenters. The van der Waals surface area contributed by atoms with Crippen molar-refractivity contribution in [1.29, 1.82) is 0 Å². The number of esters is 1. The molecule has 2 fully saturated rings. The molecule has 0 amide bonds. The number of fused-ring (bicyclic) bond motifs is 1. The summed E-state index contributed by atoms with van der Waals surface area (Å²) in [5.41, 5.74) is 1.46. The van der Waals surface area contributed by atoms with Gasteiger partial charge >= 0.3 is 5.97 Å². The normalized spacial score (nSPS) is 39.0. The van der Waals surface area contributed by atoms with Gasteiger partial charge in [0.2, 0.25) is 0 Å². The van der Waals surface area contributed by atoms with E-state index in [9.17, 15) is 4.79 Å². The third-order valence-corrected chi connectivity index (χ3v) is 5.53. The molecule has 0 bridgehead atoms. The van der Waals surface area contributed by atoms with Gasteiger partial charge < -0.3 is 4.74 Å². The number of ether oxygens (including phenoxy) is 1. The molecular weight excluding hydrogens is 224 g/mol. The highest BCUT2D eigenvalue weighted by Crippen LogP contribution is 2.60. The zero-order chi connectivity index (χ0) is 13.6. The second-order valence-electron chi connectivity index (χ2n) is 7.05. The van der Waals surface area contributed by atoms with Crippen molar-refractivity contribution >= 4 is 5.97 Å². The fourth-order valence-corrected chi connectivity index (χ4v) is 4.73. The van der Waals surface area contributed by atoms with Crippen LogP contribution in [0.5, 0.6) is 0 Å². The first kappa shape index (κ1) is 13.6. The highest BCUT2D eigenvalue weighted by molar-refractivity contribution is 5.77. The number of hydrogen-bond acceptors (Lipinski definition) is 2. The molecule has 18 heavy (non-hydrogen) atoms. The Bertz CT molecular complexity index is 361. The van der Waals surface area contributed by atoms with Crippen LogP contribution in [-0.2, 0) is 9.53 Å². The van der Waals surface area contributed by atoms with Gasteiger partial charge in [0.15, 0.2) is 0 Å². The van der Waals surface area contributed by atoms with Gasteiger partial charge in [-0.2, -0.15) is 0 Å². The monoisotopic (exact) mass is 250 g/mol. The largest absolute Gasteiger partial charge is 0.469 e. The van der Waals surface area contributed by atoms with Gasteiger partial charge in [0, 0.05) is 0 Å². The second kappa shape index (κ2) is 4.40. The topological polar surface area (TPSA) is 26.3 Å². The summed E-state index contributed by atoms with van der Waals surface area (Å²) in [5.74, 6) is 0.430. The van der Waals surface area contributed by atoms with Gasteiger partial charge in [0.1, 0.15) is 0 Å². The first-order valence-electron chi connectivity index (χ1n) is 7.08. The molecule has 0 spiro atoms. The van der Waals surface area contributed by atoms with Gasteiger partial charge in [-0.25, -0.2) is 0 Å². The van der Waals surface area contributed by atoms with E-state index in [4.69, 9.17) is 4.74 Å². The quantitative estimate of drug-likeness (QED) is 0.520. The number of hydrogen-bond donors (Lipinski definition) is 0. The lowest BCUT2D eigenvalue weighted by atomic mass is 9.47. The first-order valence-corrected chi connectivity index (χ1v) is 7.08. The maximum absolute atomic E-state index is 12.2. The zero-order valence-corrected chi connectivity index (χ0v) is 12.2. The SMILES string of the molecule is C=C1CC[C@@H]2C(C)(C)CCC[C@@]2(C)C1C(=O)OC. The molecular formula is C16H26O2. The summed E-state index contributed by atoms with van der Waals surface area (Å²) in [6, 6.07) is 0. The summed E-state index contributed by atoms with van der Waals surface area (Å²) in [7, 11) is 1.50. The summed E-state index contributed by atoms with van der Waals surface area (Å²) in [6.07, 6.45) is 5.76. The van der Waals surface area contributed by atoms with Crippen molar-refractivity contribution in [3.05, 3.63) is 12.2 Å². The highest BCUT2D eigenvalue weighted by Gasteiger charge is 2.55. The molecule has 0 saturated heterocycles. The Balaban J connectivity index is 2.40. The van der Waals surface area contributed by atoms with E-state index in [0.29, 0.717) is 11.3 Å². The van der Waals surface area contributed by atoms with Crippen LogP contribution in [-0.4, -0.2) is 13.1 Å². The number of carbonyl (C=O) groups excluding carboxylic acids is 1. The Morgan fingerprint density at radius 2 is 2.00 bits per heavy atom. The first-order chi connectivity index (χ1) is 8.33. The predicted octanol–water partition coefficient (Wildman–Crippen LogP) is 3.96. The molecule has 102 valence electrons. The van der Waals surface area contributed by atoms with Crippen molar-refractivity contribution in [3.8, 4) is 0 Å². The van der Waals surface area contributed by atoms with Gasteiger partial charge in [0.05, 0.1) is 13.0 Å². The third kappa shape index (κ3) is 1.90. The fraction of sp³-hybridized carbons (Fsp3) is 0.812. The minimum Gasteiger partial charge on any atom is -0.469 e. The van der Waals surface area contributed by atoms with Gasteiger partial charge in [0.25, 0.3) is 0 Å². The van der Waals surface area contributed by atoms with E-state index in [1.54, 1.807) is 0 Å². The maximum atomic E-state index is 12.2. The van der Waals surface area contributed by atoms with Crippen molar-refractivity contribution in [2.75, 3.05) is 7.11 Å². The Kier molecular flexibility index (Phi) is 3.33. The molecule has 0 aromatic heterocycles. The van der Waals surface area contributed by atoms with E-state index in [2.05, 4.69) is 27.4 Å². The summed E-state index contributed by atoms with van der Waals surface area (Å²) in [4.78, 5) is 12.2. The van der Waals surface area contributed by atoms with Crippen LogP contribution < -0.4 is 0 Å². The maximum Gasteiger partial charge on any atom is 0.313 e. The summed E-state index contributed by atoms with van der Waals surface area (Å²) in [5, 5.41) is 0. The molecule has 0 aliphatic heterocycles. The average molecular weight is 250 g/mol. The van der Waals surface area contributed by atoms with Crippen LogP contribution in [0.25, 0.3) is 0 Å². The van der Waals surface area contributed by atoms with Crippen molar-refractivity contribution in [3.63, 3.8) is 0 Å². The summed E-state index contributed by atoms with van der Waals surface area (Å²) < 4.78 is 5.04. The van der Waals surface area contributed by atoms with E-state index >= 15 is 0 Å². The van der Waals surface area contributed by atoms with Crippen LogP contribution in [0.4, 0.5) is 0 Å². The van der Waals surface area contributed by atoms with Gasteiger partial charge in [-0.05, 0) is 42.4 Å². The standard InChI is InChI=1S/C16H26O2/c1-11-7-8-12-15(2,3)9-6-10-16(12,4)13(11)14(17)18-5/h12-13H,1,6-10H2,2-5H3/t12-,13?,16-/m1/s1. The number of carbonyl (C=O) groups is 1. The predicted molar refractivity (Wildman–Crippen MR) is 73.1 cm³/mol. The molecule has 3 atom stereocenters. The average Bonchev–Trinajstić information content (AvgIpc) is 2.26. The van der Waals surface area contributed by atoms with E-state index in [-0.39, 0.29) is 17.3 Å². The highest BCUT2D eigenvalue weighted by atomic mass is 16.5. The van der Waals surface area contributed by atoms with Crippen molar-refractivity contribution in [1.82, 2.24) is 0 Å². The van der Waals surface area contributed by atoms with E-state index in [0.717, 1.165) is 18.4 Å². The lowest BCUT2D eigenvalue weighted by Gasteiger charge is -2.56. The molecule has 0 heterocycles. The molecule has 0 aromatic carbocycles. The number of methoxy groups -OCH3 is 1. The Hall–Kier alpha value is -0.790. The van der Waals surface area contributed by atoms with Crippen molar-refractivity contribution < 1.29 is 9.53 Å². The van der Waals surface area contributed by atoms with Crippen LogP contribution >= 0.6 is 0 Å².